The van der Waals surface area contributed by atoms with Gasteiger partial charge in [0.05, 0.1) is 7.11 Å². The number of rotatable bonds is 5. The largest absolute Gasteiger partial charge is 0.463 e. The first kappa shape index (κ1) is 15.7. The molecule has 0 amide bonds. The van der Waals surface area contributed by atoms with Crippen molar-refractivity contribution in [3.63, 3.8) is 0 Å². The van der Waals surface area contributed by atoms with E-state index >= 15 is 0 Å². The number of aromatic nitrogens is 2. The van der Waals surface area contributed by atoms with E-state index in [0.29, 0.717) is 6.04 Å². The quantitative estimate of drug-likeness (QED) is 0.843. The van der Waals surface area contributed by atoms with Crippen molar-refractivity contribution in [1.29, 1.82) is 0 Å². The first-order valence-electron chi connectivity index (χ1n) is 7.83. The molecular formula is C16H25N3O2. The Labute approximate surface area is 126 Å². The van der Waals surface area contributed by atoms with Gasteiger partial charge in [0.15, 0.2) is 0 Å². The first-order valence-corrected chi connectivity index (χ1v) is 7.83. The molecule has 2 rings (SSSR count). The third-order valence-electron chi connectivity index (χ3n) is 4.12. The summed E-state index contributed by atoms with van der Waals surface area (Å²) in [4.78, 5) is 19.9. The summed E-state index contributed by atoms with van der Waals surface area (Å²) in [6, 6.07) is 2.32. The van der Waals surface area contributed by atoms with Crippen LogP contribution in [0.4, 0.5) is 5.82 Å². The van der Waals surface area contributed by atoms with Gasteiger partial charge in [0, 0.05) is 17.8 Å². The minimum atomic E-state index is -0.492. The molecule has 0 spiro atoms. The minimum absolute atomic E-state index is 0.125. The molecule has 1 aliphatic carbocycles. The molecule has 5 nitrogen and oxygen atoms in total. The molecule has 1 aliphatic rings. The van der Waals surface area contributed by atoms with Gasteiger partial charge in [-0.1, -0.05) is 19.8 Å². The maximum Gasteiger partial charge on any atom is 0.376 e. The van der Waals surface area contributed by atoms with Gasteiger partial charge < -0.3 is 10.1 Å². The van der Waals surface area contributed by atoms with Crippen LogP contribution in [0.2, 0.25) is 0 Å². The molecular weight excluding hydrogens is 266 g/mol. The highest BCUT2D eigenvalue weighted by molar-refractivity contribution is 5.85. The predicted octanol–water partition coefficient (Wildman–Crippen LogP) is 3.34. The Morgan fingerprint density at radius 2 is 2.05 bits per heavy atom. The van der Waals surface area contributed by atoms with Gasteiger partial charge in [0.25, 0.3) is 0 Å². The van der Waals surface area contributed by atoms with E-state index in [2.05, 4.69) is 26.9 Å². The maximum atomic E-state index is 11.5. The number of nitrogens with zero attached hydrogens (tertiary/aromatic N) is 2. The lowest BCUT2D eigenvalue weighted by Crippen LogP contribution is -2.27. The van der Waals surface area contributed by atoms with Gasteiger partial charge in [-0.15, -0.1) is 0 Å². The third kappa shape index (κ3) is 4.41. The number of nitrogens with one attached hydrogen (secondary N) is 1. The van der Waals surface area contributed by atoms with Crippen molar-refractivity contribution in [2.45, 2.75) is 58.4 Å². The van der Waals surface area contributed by atoms with Gasteiger partial charge in [-0.25, -0.2) is 14.8 Å². The summed E-state index contributed by atoms with van der Waals surface area (Å²) in [7, 11) is 1.34. The summed E-state index contributed by atoms with van der Waals surface area (Å²) < 4.78 is 4.69. The Hall–Kier alpha value is -1.65. The molecule has 0 radical (unpaired) electrons. The zero-order valence-electron chi connectivity index (χ0n) is 13.2. The minimum Gasteiger partial charge on any atom is -0.463 e. The fourth-order valence-electron chi connectivity index (χ4n) is 3.04. The lowest BCUT2D eigenvalue weighted by Gasteiger charge is -2.29. The van der Waals surface area contributed by atoms with E-state index in [4.69, 9.17) is 0 Å². The fraction of sp³-hybridized carbons (Fsp3) is 0.688. The number of anilines is 1. The normalized spacial score (nSPS) is 21.9. The number of methoxy groups -OCH3 is 1. The standard InChI is InChI=1S/C16H25N3O2/c1-4-5-12-6-8-13(9-7-12)18-14-10-11(2)17-15(19-14)16(20)21-3/h10,12-13H,4-9H2,1-3H3,(H,17,18,19). The Bertz CT molecular complexity index is 482. The van der Waals surface area contributed by atoms with Crippen molar-refractivity contribution in [2.24, 2.45) is 5.92 Å². The van der Waals surface area contributed by atoms with Crippen molar-refractivity contribution in [1.82, 2.24) is 9.97 Å². The SMILES string of the molecule is CCCC1CCC(Nc2cc(C)nc(C(=O)OC)n2)CC1. The zero-order valence-corrected chi connectivity index (χ0v) is 13.2. The number of ether oxygens (including phenoxy) is 1. The van der Waals surface area contributed by atoms with Crippen LogP contribution in [-0.2, 0) is 4.74 Å². The topological polar surface area (TPSA) is 64.1 Å². The molecule has 1 aromatic rings. The van der Waals surface area contributed by atoms with Crippen LogP contribution >= 0.6 is 0 Å². The summed E-state index contributed by atoms with van der Waals surface area (Å²) in [6.45, 7) is 4.11. The maximum absolute atomic E-state index is 11.5. The van der Waals surface area contributed by atoms with Crippen LogP contribution in [0.15, 0.2) is 6.07 Å². The molecule has 0 saturated heterocycles. The molecule has 0 atom stereocenters. The van der Waals surface area contributed by atoms with Crippen LogP contribution in [0.5, 0.6) is 0 Å². The number of hydrogen-bond donors (Lipinski definition) is 1. The Balaban J connectivity index is 1.97. The molecule has 1 heterocycles. The molecule has 1 saturated carbocycles. The average molecular weight is 291 g/mol. The summed E-state index contributed by atoms with van der Waals surface area (Å²) in [5, 5.41) is 3.44. The second-order valence-electron chi connectivity index (χ2n) is 5.86. The molecule has 21 heavy (non-hydrogen) atoms. The highest BCUT2D eigenvalue weighted by atomic mass is 16.5. The van der Waals surface area contributed by atoms with Crippen LogP contribution in [0.3, 0.4) is 0 Å². The van der Waals surface area contributed by atoms with Gasteiger partial charge >= 0.3 is 5.97 Å². The van der Waals surface area contributed by atoms with Crippen molar-refractivity contribution in [3.05, 3.63) is 17.6 Å². The fourth-order valence-corrected chi connectivity index (χ4v) is 3.04. The predicted molar refractivity (Wildman–Crippen MR) is 82.4 cm³/mol. The molecule has 116 valence electrons. The van der Waals surface area contributed by atoms with Gasteiger partial charge in [-0.3, -0.25) is 0 Å². The Morgan fingerprint density at radius 1 is 1.33 bits per heavy atom. The summed E-state index contributed by atoms with van der Waals surface area (Å²) >= 11 is 0. The van der Waals surface area contributed by atoms with E-state index in [1.807, 2.05) is 13.0 Å². The number of hydrogen-bond acceptors (Lipinski definition) is 5. The number of carbonyl (C=O) groups excluding carboxylic acids is 1. The molecule has 1 N–H and O–H groups in total. The molecule has 1 aromatic heterocycles. The smallest absolute Gasteiger partial charge is 0.376 e. The molecule has 0 bridgehead atoms. The monoisotopic (exact) mass is 291 g/mol. The second kappa shape index (κ2) is 7.38. The Morgan fingerprint density at radius 3 is 2.67 bits per heavy atom. The first-order chi connectivity index (χ1) is 10.1. The molecule has 5 heteroatoms. The van der Waals surface area contributed by atoms with Crippen molar-refractivity contribution in [2.75, 3.05) is 12.4 Å². The Kier molecular flexibility index (Phi) is 5.53. The average Bonchev–Trinajstić information content (AvgIpc) is 2.48. The number of carbonyl (C=O) groups is 1. The molecule has 0 aromatic carbocycles. The summed E-state index contributed by atoms with van der Waals surface area (Å²) in [6.07, 6.45) is 7.50. The van der Waals surface area contributed by atoms with Gasteiger partial charge in [0.2, 0.25) is 5.82 Å². The summed E-state index contributed by atoms with van der Waals surface area (Å²) in [5.41, 5.74) is 0.771. The van der Waals surface area contributed by atoms with Crippen LogP contribution in [0.1, 0.15) is 61.8 Å². The van der Waals surface area contributed by atoms with Gasteiger partial charge in [-0.05, 0) is 38.5 Å². The van der Waals surface area contributed by atoms with E-state index in [9.17, 15) is 4.79 Å². The van der Waals surface area contributed by atoms with Crippen molar-refractivity contribution < 1.29 is 9.53 Å². The second-order valence-corrected chi connectivity index (χ2v) is 5.86. The number of esters is 1. The van der Waals surface area contributed by atoms with E-state index in [1.54, 1.807) is 0 Å². The van der Waals surface area contributed by atoms with Gasteiger partial charge in [0.1, 0.15) is 5.82 Å². The van der Waals surface area contributed by atoms with E-state index in [0.717, 1.165) is 17.4 Å². The van der Waals surface area contributed by atoms with E-state index < -0.39 is 5.97 Å². The molecule has 0 aliphatic heterocycles. The zero-order chi connectivity index (χ0) is 15.2. The molecule has 0 unspecified atom stereocenters. The van der Waals surface area contributed by atoms with Crippen LogP contribution in [0.25, 0.3) is 0 Å². The van der Waals surface area contributed by atoms with E-state index in [-0.39, 0.29) is 5.82 Å². The lowest BCUT2D eigenvalue weighted by atomic mass is 9.83. The van der Waals surface area contributed by atoms with Crippen molar-refractivity contribution >= 4 is 11.8 Å². The van der Waals surface area contributed by atoms with Crippen LogP contribution in [-0.4, -0.2) is 29.1 Å². The lowest BCUT2D eigenvalue weighted by molar-refractivity contribution is 0.0586. The highest BCUT2D eigenvalue weighted by Crippen LogP contribution is 2.29. The van der Waals surface area contributed by atoms with Crippen LogP contribution in [0, 0.1) is 12.8 Å². The summed E-state index contributed by atoms with van der Waals surface area (Å²) in [5.74, 6) is 1.24. The third-order valence-corrected chi connectivity index (χ3v) is 4.12. The van der Waals surface area contributed by atoms with Gasteiger partial charge in [-0.2, -0.15) is 0 Å². The molecule has 1 fully saturated rings. The van der Waals surface area contributed by atoms with E-state index in [1.165, 1.54) is 45.6 Å². The highest BCUT2D eigenvalue weighted by Gasteiger charge is 2.21. The van der Waals surface area contributed by atoms with Crippen molar-refractivity contribution in [3.8, 4) is 0 Å². The number of aryl methyl sites for hydroxylation is 1. The van der Waals surface area contributed by atoms with Crippen LogP contribution < -0.4 is 5.32 Å².